The number of nitrogens with zero attached hydrogens (tertiary/aromatic N) is 1. The van der Waals surface area contributed by atoms with E-state index in [0.29, 0.717) is 24.3 Å². The number of likely N-dealkylation sites (tertiary alicyclic amines) is 1. The zero-order valence-corrected chi connectivity index (χ0v) is 20.2. The second-order valence-corrected chi connectivity index (χ2v) is 9.95. The van der Waals surface area contributed by atoms with Crippen molar-refractivity contribution in [3.8, 4) is 5.75 Å². The van der Waals surface area contributed by atoms with Crippen LogP contribution in [0.2, 0.25) is 0 Å². The molecule has 1 aliphatic heterocycles. The maximum Gasteiger partial charge on any atom is 0.303 e. The van der Waals surface area contributed by atoms with Gasteiger partial charge in [-0.1, -0.05) is 54.6 Å². The molecule has 36 heavy (non-hydrogen) atoms. The van der Waals surface area contributed by atoms with E-state index in [1.54, 1.807) is 12.1 Å². The lowest BCUT2D eigenvalue weighted by atomic mass is 9.74. The SMILES string of the molecule is O=C(O)CCc1ccc(OCc2ccc(CN3CCC4(CC3)CC(=O)c3ccccc34)cc2)cc1F. The maximum atomic E-state index is 14.2. The van der Waals surface area contributed by atoms with Gasteiger partial charge in [-0.15, -0.1) is 0 Å². The van der Waals surface area contributed by atoms with Crippen molar-refractivity contribution in [3.05, 3.63) is 100 Å². The van der Waals surface area contributed by atoms with Crippen molar-refractivity contribution in [2.24, 2.45) is 0 Å². The van der Waals surface area contributed by atoms with Crippen molar-refractivity contribution in [2.75, 3.05) is 13.1 Å². The van der Waals surface area contributed by atoms with Crippen LogP contribution in [0.4, 0.5) is 4.39 Å². The van der Waals surface area contributed by atoms with Crippen LogP contribution in [0, 0.1) is 5.82 Å². The third-order valence-corrected chi connectivity index (χ3v) is 7.58. The molecule has 0 aromatic heterocycles. The monoisotopic (exact) mass is 487 g/mol. The molecule has 0 saturated carbocycles. The molecule has 0 unspecified atom stereocenters. The predicted molar refractivity (Wildman–Crippen MR) is 135 cm³/mol. The average Bonchev–Trinajstić information content (AvgIpc) is 3.15. The third kappa shape index (κ3) is 5.19. The Balaban J connectivity index is 1.12. The summed E-state index contributed by atoms with van der Waals surface area (Å²) in [5.41, 5.74) is 4.77. The molecule has 5 rings (SSSR count). The Morgan fingerprint density at radius 1 is 1.00 bits per heavy atom. The van der Waals surface area contributed by atoms with Gasteiger partial charge in [0.05, 0.1) is 0 Å². The van der Waals surface area contributed by atoms with E-state index in [4.69, 9.17) is 9.84 Å². The highest BCUT2D eigenvalue weighted by Gasteiger charge is 2.44. The van der Waals surface area contributed by atoms with Gasteiger partial charge < -0.3 is 9.84 Å². The number of piperidine rings is 1. The number of benzene rings is 3. The normalized spacial score (nSPS) is 16.8. The first-order valence-electron chi connectivity index (χ1n) is 12.5. The molecule has 5 nitrogen and oxygen atoms in total. The molecule has 0 bridgehead atoms. The fourth-order valence-corrected chi connectivity index (χ4v) is 5.50. The van der Waals surface area contributed by atoms with Crippen molar-refractivity contribution in [1.29, 1.82) is 0 Å². The van der Waals surface area contributed by atoms with Gasteiger partial charge in [-0.2, -0.15) is 0 Å². The fraction of sp³-hybridized carbons (Fsp3) is 0.333. The van der Waals surface area contributed by atoms with Crippen molar-refractivity contribution >= 4 is 11.8 Å². The molecular weight excluding hydrogens is 457 g/mol. The number of carboxylic acids is 1. The maximum absolute atomic E-state index is 14.2. The number of rotatable bonds is 8. The summed E-state index contributed by atoms with van der Waals surface area (Å²) in [4.78, 5) is 25.7. The van der Waals surface area contributed by atoms with Gasteiger partial charge in [0.15, 0.2) is 5.78 Å². The average molecular weight is 488 g/mol. The summed E-state index contributed by atoms with van der Waals surface area (Å²) >= 11 is 0. The molecule has 1 aliphatic carbocycles. The standard InChI is InChI=1S/C30H30FNO4/c31-27-17-24(11-9-23(27)10-12-29(34)35)36-20-22-7-5-21(6-8-22)19-32-15-13-30(14-16-32)18-28(33)25-3-1-2-4-26(25)30/h1-9,11,17H,10,12-16,18-20H2,(H,34,35). The lowest BCUT2D eigenvalue weighted by Crippen LogP contribution is -2.41. The number of aryl methyl sites for hydroxylation is 1. The van der Waals surface area contributed by atoms with Crippen LogP contribution in [0.5, 0.6) is 5.75 Å². The number of aliphatic carboxylic acids is 1. The minimum absolute atomic E-state index is 0.0132. The predicted octanol–water partition coefficient (Wildman–Crippen LogP) is 5.54. The minimum atomic E-state index is -0.946. The molecule has 6 heteroatoms. The Kier molecular flexibility index (Phi) is 6.88. The van der Waals surface area contributed by atoms with Crippen LogP contribution in [-0.4, -0.2) is 34.8 Å². The van der Waals surface area contributed by atoms with Crippen LogP contribution >= 0.6 is 0 Å². The van der Waals surface area contributed by atoms with Crippen molar-refractivity contribution in [2.45, 2.75) is 50.7 Å². The Labute approximate surface area is 210 Å². The first-order valence-corrected chi connectivity index (χ1v) is 12.5. The number of ether oxygens (including phenoxy) is 1. The molecule has 1 saturated heterocycles. The Bertz CT molecular complexity index is 1260. The second kappa shape index (κ2) is 10.2. The van der Waals surface area contributed by atoms with E-state index in [1.807, 2.05) is 30.3 Å². The summed E-state index contributed by atoms with van der Waals surface area (Å²) in [5.74, 6) is -0.685. The zero-order valence-electron chi connectivity index (χ0n) is 20.2. The molecular formula is C30H30FNO4. The summed E-state index contributed by atoms with van der Waals surface area (Å²) in [6.07, 6.45) is 2.71. The summed E-state index contributed by atoms with van der Waals surface area (Å²) in [6.45, 7) is 3.14. The van der Waals surface area contributed by atoms with Crippen molar-refractivity contribution < 1.29 is 23.8 Å². The van der Waals surface area contributed by atoms with Crippen molar-refractivity contribution in [3.63, 3.8) is 0 Å². The van der Waals surface area contributed by atoms with Crippen LogP contribution in [0.25, 0.3) is 0 Å². The number of halogens is 1. The molecule has 1 heterocycles. The van der Waals surface area contributed by atoms with Crippen LogP contribution in [0.15, 0.2) is 66.7 Å². The van der Waals surface area contributed by atoms with Gasteiger partial charge in [0.2, 0.25) is 0 Å². The van der Waals surface area contributed by atoms with Crippen LogP contribution in [0.3, 0.4) is 0 Å². The number of hydrogen-bond donors (Lipinski definition) is 1. The lowest BCUT2D eigenvalue weighted by molar-refractivity contribution is -0.136. The van der Waals surface area contributed by atoms with Gasteiger partial charge in [0.1, 0.15) is 18.2 Å². The van der Waals surface area contributed by atoms with Crippen LogP contribution < -0.4 is 4.74 Å². The number of carboxylic acid groups (broad SMARTS) is 1. The third-order valence-electron chi connectivity index (χ3n) is 7.58. The highest BCUT2D eigenvalue weighted by molar-refractivity contribution is 6.02. The van der Waals surface area contributed by atoms with Gasteiger partial charge in [-0.3, -0.25) is 14.5 Å². The Hall–Kier alpha value is -3.51. The van der Waals surface area contributed by atoms with Crippen LogP contribution in [0.1, 0.15) is 58.3 Å². The number of hydrogen-bond acceptors (Lipinski definition) is 4. The Morgan fingerprint density at radius 3 is 2.44 bits per heavy atom. The van der Waals surface area contributed by atoms with Crippen LogP contribution in [-0.2, 0) is 29.8 Å². The molecule has 1 fully saturated rings. The van der Waals surface area contributed by atoms with Gasteiger partial charge in [-0.25, -0.2) is 4.39 Å². The zero-order chi connectivity index (χ0) is 25.1. The van der Waals surface area contributed by atoms with E-state index in [0.717, 1.165) is 43.6 Å². The van der Waals surface area contributed by atoms with Gasteiger partial charge in [0.25, 0.3) is 0 Å². The molecule has 2 aliphatic rings. The largest absolute Gasteiger partial charge is 0.489 e. The number of ketones is 1. The number of Topliss-reactive ketones (excluding diaryl/α,β-unsaturated/α-hetero) is 1. The van der Waals surface area contributed by atoms with E-state index in [1.165, 1.54) is 17.2 Å². The number of fused-ring (bicyclic) bond motifs is 2. The Morgan fingerprint density at radius 2 is 1.72 bits per heavy atom. The fourth-order valence-electron chi connectivity index (χ4n) is 5.50. The van der Waals surface area contributed by atoms with E-state index in [2.05, 4.69) is 23.1 Å². The first-order chi connectivity index (χ1) is 17.4. The highest BCUT2D eigenvalue weighted by Crippen LogP contribution is 2.46. The molecule has 186 valence electrons. The summed E-state index contributed by atoms with van der Waals surface area (Å²) in [6, 6.07) is 21.0. The minimum Gasteiger partial charge on any atom is -0.489 e. The number of carbonyl (C=O) groups is 2. The topological polar surface area (TPSA) is 66.8 Å². The van der Waals surface area contributed by atoms with Gasteiger partial charge >= 0.3 is 5.97 Å². The number of carbonyl (C=O) groups excluding carboxylic acids is 1. The van der Waals surface area contributed by atoms with E-state index >= 15 is 0 Å². The summed E-state index contributed by atoms with van der Waals surface area (Å²) in [5, 5.41) is 8.77. The molecule has 3 aromatic carbocycles. The second-order valence-electron chi connectivity index (χ2n) is 9.95. The molecule has 1 N–H and O–H groups in total. The quantitative estimate of drug-likeness (QED) is 0.452. The van der Waals surface area contributed by atoms with E-state index < -0.39 is 11.8 Å². The molecule has 1 spiro atoms. The lowest BCUT2D eigenvalue weighted by Gasteiger charge is -2.39. The van der Waals surface area contributed by atoms with Gasteiger partial charge in [-0.05, 0) is 60.7 Å². The first kappa shape index (κ1) is 24.2. The van der Waals surface area contributed by atoms with Gasteiger partial charge in [0, 0.05) is 36.4 Å². The molecule has 0 amide bonds. The highest BCUT2D eigenvalue weighted by atomic mass is 19.1. The van der Waals surface area contributed by atoms with Crippen molar-refractivity contribution in [1.82, 2.24) is 4.90 Å². The molecule has 0 radical (unpaired) electrons. The molecule has 3 aromatic rings. The molecule has 0 atom stereocenters. The van der Waals surface area contributed by atoms with E-state index in [9.17, 15) is 14.0 Å². The summed E-state index contributed by atoms with van der Waals surface area (Å²) in [7, 11) is 0. The smallest absolute Gasteiger partial charge is 0.303 e. The summed E-state index contributed by atoms with van der Waals surface area (Å²) < 4.78 is 19.9. The van der Waals surface area contributed by atoms with E-state index in [-0.39, 0.29) is 24.0 Å².